The second kappa shape index (κ2) is 9.87. The van der Waals surface area contributed by atoms with E-state index < -0.39 is 0 Å². The SMILES string of the molecule is CN=C(NCc1ccnc(OC)c1)N(C)Cc1cc(Br)cn1C.I. The van der Waals surface area contributed by atoms with Crippen LogP contribution in [0.15, 0.2) is 40.1 Å². The van der Waals surface area contributed by atoms with Gasteiger partial charge in [0.15, 0.2) is 5.96 Å². The molecule has 0 bridgehead atoms. The van der Waals surface area contributed by atoms with Crippen molar-refractivity contribution in [3.8, 4) is 5.88 Å². The Hall–Kier alpha value is -1.29. The average Bonchev–Trinajstić information content (AvgIpc) is 2.85. The molecule has 0 amide bonds. The molecule has 24 heavy (non-hydrogen) atoms. The Morgan fingerprint density at radius 2 is 2.21 bits per heavy atom. The van der Waals surface area contributed by atoms with Crippen LogP contribution in [0, 0.1) is 0 Å². The zero-order valence-electron chi connectivity index (χ0n) is 14.3. The number of aryl methyl sites for hydroxylation is 1. The smallest absolute Gasteiger partial charge is 0.213 e. The number of hydrogen-bond acceptors (Lipinski definition) is 3. The summed E-state index contributed by atoms with van der Waals surface area (Å²) >= 11 is 3.50. The number of aromatic nitrogens is 2. The maximum absolute atomic E-state index is 5.14. The van der Waals surface area contributed by atoms with Crippen LogP contribution in [0.3, 0.4) is 0 Å². The Kier molecular flexibility index (Phi) is 8.54. The topological polar surface area (TPSA) is 54.7 Å². The molecule has 0 atom stereocenters. The minimum absolute atomic E-state index is 0. The van der Waals surface area contributed by atoms with Gasteiger partial charge in [-0.3, -0.25) is 4.99 Å². The maximum Gasteiger partial charge on any atom is 0.213 e. The van der Waals surface area contributed by atoms with Gasteiger partial charge in [-0.25, -0.2) is 4.98 Å². The highest BCUT2D eigenvalue weighted by Crippen LogP contribution is 2.15. The lowest BCUT2D eigenvalue weighted by molar-refractivity contribution is 0.397. The number of hydrogen-bond donors (Lipinski definition) is 1. The first-order valence-electron chi connectivity index (χ1n) is 7.25. The summed E-state index contributed by atoms with van der Waals surface area (Å²) in [4.78, 5) is 10.5. The highest BCUT2D eigenvalue weighted by molar-refractivity contribution is 14.0. The molecule has 0 saturated carbocycles. The molecular formula is C16H23BrIN5O. The van der Waals surface area contributed by atoms with Gasteiger partial charge in [-0.1, -0.05) is 0 Å². The zero-order valence-corrected chi connectivity index (χ0v) is 18.2. The highest BCUT2D eigenvalue weighted by Gasteiger charge is 2.09. The number of aliphatic imine (C=N–C) groups is 1. The van der Waals surface area contributed by atoms with E-state index in [4.69, 9.17) is 4.74 Å². The van der Waals surface area contributed by atoms with Gasteiger partial charge in [0.25, 0.3) is 0 Å². The van der Waals surface area contributed by atoms with E-state index in [1.165, 1.54) is 5.69 Å². The van der Waals surface area contributed by atoms with Crippen LogP contribution in [0.2, 0.25) is 0 Å². The number of ether oxygens (including phenoxy) is 1. The van der Waals surface area contributed by atoms with Crippen LogP contribution in [0.5, 0.6) is 5.88 Å². The lowest BCUT2D eigenvalue weighted by Gasteiger charge is -2.22. The van der Waals surface area contributed by atoms with Gasteiger partial charge in [0, 0.05) is 56.3 Å². The number of guanidine groups is 1. The van der Waals surface area contributed by atoms with Gasteiger partial charge >= 0.3 is 0 Å². The van der Waals surface area contributed by atoms with E-state index in [9.17, 15) is 0 Å². The molecule has 2 heterocycles. The molecule has 8 heteroatoms. The third-order valence-electron chi connectivity index (χ3n) is 3.51. The molecule has 0 aliphatic heterocycles. The molecule has 0 saturated heterocycles. The van der Waals surface area contributed by atoms with Crippen molar-refractivity contribution >= 4 is 45.9 Å². The lowest BCUT2D eigenvalue weighted by atomic mass is 10.2. The van der Waals surface area contributed by atoms with Crippen molar-refractivity contribution < 1.29 is 4.74 Å². The van der Waals surface area contributed by atoms with E-state index in [2.05, 4.69) is 46.8 Å². The fourth-order valence-corrected chi connectivity index (χ4v) is 2.85. The van der Waals surface area contributed by atoms with Crippen molar-refractivity contribution in [1.82, 2.24) is 19.8 Å². The van der Waals surface area contributed by atoms with Crippen molar-refractivity contribution in [3.63, 3.8) is 0 Å². The molecular weight excluding hydrogens is 485 g/mol. The Labute approximate surface area is 168 Å². The van der Waals surface area contributed by atoms with Crippen LogP contribution in [0.4, 0.5) is 0 Å². The Balaban J connectivity index is 0.00000288. The molecule has 2 aromatic rings. The summed E-state index contributed by atoms with van der Waals surface area (Å²) in [5.74, 6) is 1.44. The molecule has 0 fully saturated rings. The molecule has 0 spiro atoms. The van der Waals surface area contributed by atoms with Crippen LogP contribution >= 0.6 is 39.9 Å². The molecule has 2 aromatic heterocycles. The molecule has 0 radical (unpaired) electrons. The van der Waals surface area contributed by atoms with E-state index in [-0.39, 0.29) is 24.0 Å². The number of methoxy groups -OCH3 is 1. The summed E-state index contributed by atoms with van der Waals surface area (Å²) in [5.41, 5.74) is 2.29. The van der Waals surface area contributed by atoms with E-state index in [1.807, 2.05) is 32.4 Å². The van der Waals surface area contributed by atoms with Crippen molar-refractivity contribution in [2.75, 3.05) is 21.2 Å². The first-order valence-corrected chi connectivity index (χ1v) is 8.04. The number of pyridine rings is 1. The quantitative estimate of drug-likeness (QED) is 0.384. The van der Waals surface area contributed by atoms with Gasteiger partial charge in [0.05, 0.1) is 13.7 Å². The minimum Gasteiger partial charge on any atom is -0.481 e. The summed E-state index contributed by atoms with van der Waals surface area (Å²) in [7, 11) is 7.45. The first-order chi connectivity index (χ1) is 11.0. The second-order valence-corrected chi connectivity index (χ2v) is 6.14. The fraction of sp³-hybridized carbons (Fsp3) is 0.375. The predicted molar refractivity (Wildman–Crippen MR) is 111 cm³/mol. The fourth-order valence-electron chi connectivity index (χ4n) is 2.28. The predicted octanol–water partition coefficient (Wildman–Crippen LogP) is 3.02. The van der Waals surface area contributed by atoms with Crippen LogP contribution in [-0.4, -0.2) is 41.6 Å². The zero-order chi connectivity index (χ0) is 16.8. The van der Waals surface area contributed by atoms with E-state index in [0.717, 1.165) is 22.5 Å². The third kappa shape index (κ3) is 5.66. The number of halogens is 2. The molecule has 1 N–H and O–H groups in total. The third-order valence-corrected chi connectivity index (χ3v) is 3.94. The summed E-state index contributed by atoms with van der Waals surface area (Å²) in [6.45, 7) is 1.42. The number of rotatable bonds is 5. The van der Waals surface area contributed by atoms with Crippen molar-refractivity contribution in [3.05, 3.63) is 46.3 Å². The Morgan fingerprint density at radius 3 is 2.79 bits per heavy atom. The Bertz CT molecular complexity index is 689. The van der Waals surface area contributed by atoms with Crippen LogP contribution in [0.1, 0.15) is 11.3 Å². The summed E-state index contributed by atoms with van der Waals surface area (Å²) in [5, 5.41) is 3.35. The van der Waals surface area contributed by atoms with Crippen LogP contribution in [0.25, 0.3) is 0 Å². The maximum atomic E-state index is 5.14. The second-order valence-electron chi connectivity index (χ2n) is 5.22. The summed E-state index contributed by atoms with van der Waals surface area (Å²) in [6.07, 6.45) is 3.78. The highest BCUT2D eigenvalue weighted by atomic mass is 127. The lowest BCUT2D eigenvalue weighted by Crippen LogP contribution is -2.38. The average molecular weight is 508 g/mol. The molecule has 0 aliphatic rings. The first kappa shape index (κ1) is 20.8. The number of nitrogens with one attached hydrogen (secondary N) is 1. The van der Waals surface area contributed by atoms with E-state index in [0.29, 0.717) is 12.4 Å². The van der Waals surface area contributed by atoms with E-state index >= 15 is 0 Å². The van der Waals surface area contributed by atoms with Gasteiger partial charge in [-0.05, 0) is 33.6 Å². The van der Waals surface area contributed by atoms with Gasteiger partial charge < -0.3 is 19.5 Å². The monoisotopic (exact) mass is 507 g/mol. The van der Waals surface area contributed by atoms with Gasteiger partial charge in [0.1, 0.15) is 0 Å². The van der Waals surface area contributed by atoms with Crippen LogP contribution < -0.4 is 10.1 Å². The molecule has 6 nitrogen and oxygen atoms in total. The molecule has 0 unspecified atom stereocenters. The summed E-state index contributed by atoms with van der Waals surface area (Å²) < 4.78 is 8.32. The molecule has 0 aromatic carbocycles. The molecule has 0 aliphatic carbocycles. The normalized spacial score (nSPS) is 11.0. The van der Waals surface area contributed by atoms with Gasteiger partial charge in [-0.15, -0.1) is 24.0 Å². The molecule has 132 valence electrons. The van der Waals surface area contributed by atoms with Crippen molar-refractivity contribution in [2.45, 2.75) is 13.1 Å². The molecule has 2 rings (SSSR count). The largest absolute Gasteiger partial charge is 0.481 e. The summed E-state index contributed by atoms with van der Waals surface area (Å²) in [6, 6.07) is 5.98. The van der Waals surface area contributed by atoms with Crippen molar-refractivity contribution in [2.24, 2.45) is 12.0 Å². The van der Waals surface area contributed by atoms with Gasteiger partial charge in [-0.2, -0.15) is 0 Å². The van der Waals surface area contributed by atoms with E-state index in [1.54, 1.807) is 20.4 Å². The standard InChI is InChI=1S/C16H22BrN5O.HI/c1-18-16(20-9-12-5-6-19-15(7-12)23-4)22(3)11-14-8-13(17)10-21(14)2;/h5-8,10H,9,11H2,1-4H3,(H,18,20);1H. The Morgan fingerprint density at radius 1 is 1.46 bits per heavy atom. The number of nitrogens with zero attached hydrogens (tertiary/aromatic N) is 4. The van der Waals surface area contributed by atoms with Crippen LogP contribution in [-0.2, 0) is 20.1 Å². The minimum atomic E-state index is 0. The van der Waals surface area contributed by atoms with Crippen molar-refractivity contribution in [1.29, 1.82) is 0 Å². The van der Waals surface area contributed by atoms with Gasteiger partial charge in [0.2, 0.25) is 5.88 Å².